The zero-order valence-corrected chi connectivity index (χ0v) is 12.0. The summed E-state index contributed by atoms with van der Waals surface area (Å²) in [6.07, 6.45) is 4.68. The SMILES string of the molecule is C=CCCCOc1ccc(CC(C)N)cc1OCC. The van der Waals surface area contributed by atoms with E-state index in [1.165, 1.54) is 5.56 Å². The Morgan fingerprint density at radius 2 is 2.11 bits per heavy atom. The highest BCUT2D eigenvalue weighted by atomic mass is 16.5. The molecule has 1 aromatic carbocycles. The largest absolute Gasteiger partial charge is 0.490 e. The Kier molecular flexibility index (Phi) is 7.04. The minimum atomic E-state index is 0.147. The van der Waals surface area contributed by atoms with Gasteiger partial charge in [0.2, 0.25) is 0 Å². The standard InChI is InChI=1S/C16H25NO2/c1-4-6-7-10-19-15-9-8-14(11-13(3)17)12-16(15)18-5-2/h4,8-9,12-13H,1,5-7,10-11,17H2,2-3H3. The molecule has 0 bridgehead atoms. The summed E-state index contributed by atoms with van der Waals surface area (Å²) in [7, 11) is 0. The van der Waals surface area contributed by atoms with E-state index in [0.29, 0.717) is 13.2 Å². The number of hydrogen-bond donors (Lipinski definition) is 1. The first kappa shape index (κ1) is 15.6. The molecular formula is C16H25NO2. The Hall–Kier alpha value is -1.48. The molecule has 106 valence electrons. The molecule has 19 heavy (non-hydrogen) atoms. The molecule has 0 saturated carbocycles. The van der Waals surface area contributed by atoms with Crippen LogP contribution in [0.1, 0.15) is 32.3 Å². The van der Waals surface area contributed by atoms with Crippen LogP contribution in [0.4, 0.5) is 0 Å². The third-order valence-corrected chi connectivity index (χ3v) is 2.68. The second kappa shape index (κ2) is 8.59. The van der Waals surface area contributed by atoms with E-state index in [1.54, 1.807) is 0 Å². The lowest BCUT2D eigenvalue weighted by molar-refractivity contribution is 0.274. The fourth-order valence-corrected chi connectivity index (χ4v) is 1.85. The van der Waals surface area contributed by atoms with E-state index in [9.17, 15) is 0 Å². The van der Waals surface area contributed by atoms with Crippen LogP contribution in [0, 0.1) is 0 Å². The lowest BCUT2D eigenvalue weighted by atomic mass is 10.1. The van der Waals surface area contributed by atoms with Crippen LogP contribution in [0.2, 0.25) is 0 Å². The summed E-state index contributed by atoms with van der Waals surface area (Å²) in [6.45, 7) is 8.98. The Balaban J connectivity index is 2.70. The van der Waals surface area contributed by atoms with E-state index in [-0.39, 0.29) is 6.04 Å². The molecule has 1 rings (SSSR count). The van der Waals surface area contributed by atoms with Gasteiger partial charge in [-0.15, -0.1) is 6.58 Å². The van der Waals surface area contributed by atoms with Crippen molar-refractivity contribution in [2.75, 3.05) is 13.2 Å². The van der Waals surface area contributed by atoms with Crippen molar-refractivity contribution in [2.24, 2.45) is 5.73 Å². The predicted octanol–water partition coefficient (Wildman–Crippen LogP) is 3.32. The topological polar surface area (TPSA) is 44.5 Å². The van der Waals surface area contributed by atoms with Gasteiger partial charge in [-0.3, -0.25) is 0 Å². The minimum Gasteiger partial charge on any atom is -0.490 e. The van der Waals surface area contributed by atoms with Crippen molar-refractivity contribution in [1.82, 2.24) is 0 Å². The van der Waals surface area contributed by atoms with Gasteiger partial charge in [0.15, 0.2) is 11.5 Å². The van der Waals surface area contributed by atoms with E-state index >= 15 is 0 Å². The zero-order valence-electron chi connectivity index (χ0n) is 12.0. The van der Waals surface area contributed by atoms with Crippen molar-refractivity contribution in [3.63, 3.8) is 0 Å². The van der Waals surface area contributed by atoms with Crippen LogP contribution in [0.25, 0.3) is 0 Å². The van der Waals surface area contributed by atoms with Crippen molar-refractivity contribution in [2.45, 2.75) is 39.2 Å². The summed E-state index contributed by atoms with van der Waals surface area (Å²) < 4.78 is 11.4. The van der Waals surface area contributed by atoms with Crippen molar-refractivity contribution in [3.05, 3.63) is 36.4 Å². The first-order valence-electron chi connectivity index (χ1n) is 6.92. The van der Waals surface area contributed by atoms with Crippen molar-refractivity contribution in [1.29, 1.82) is 0 Å². The monoisotopic (exact) mass is 263 g/mol. The number of benzene rings is 1. The molecular weight excluding hydrogens is 238 g/mol. The Bertz CT molecular complexity index is 388. The van der Waals surface area contributed by atoms with Gasteiger partial charge in [0.25, 0.3) is 0 Å². The first-order valence-corrected chi connectivity index (χ1v) is 6.92. The molecule has 2 N–H and O–H groups in total. The molecule has 1 unspecified atom stereocenters. The number of rotatable bonds is 9. The third-order valence-electron chi connectivity index (χ3n) is 2.68. The number of hydrogen-bond acceptors (Lipinski definition) is 3. The molecule has 0 amide bonds. The van der Waals surface area contributed by atoms with Crippen LogP contribution < -0.4 is 15.2 Å². The highest BCUT2D eigenvalue weighted by Crippen LogP contribution is 2.29. The molecule has 3 nitrogen and oxygen atoms in total. The third kappa shape index (κ3) is 5.79. The average molecular weight is 263 g/mol. The van der Waals surface area contributed by atoms with E-state index < -0.39 is 0 Å². The molecule has 0 aliphatic heterocycles. The Morgan fingerprint density at radius 3 is 2.74 bits per heavy atom. The summed E-state index contributed by atoms with van der Waals surface area (Å²) in [5.41, 5.74) is 7.00. The molecule has 0 heterocycles. The second-order valence-corrected chi connectivity index (χ2v) is 4.67. The highest BCUT2D eigenvalue weighted by molar-refractivity contribution is 5.43. The number of nitrogens with two attached hydrogens (primary N) is 1. The molecule has 1 atom stereocenters. The van der Waals surface area contributed by atoms with Gasteiger partial charge >= 0.3 is 0 Å². The fraction of sp³-hybridized carbons (Fsp3) is 0.500. The fourth-order valence-electron chi connectivity index (χ4n) is 1.85. The first-order chi connectivity index (χ1) is 9.17. The minimum absolute atomic E-state index is 0.147. The molecule has 0 aromatic heterocycles. The lowest BCUT2D eigenvalue weighted by Crippen LogP contribution is -2.17. The molecule has 0 radical (unpaired) electrons. The van der Waals surface area contributed by atoms with Crippen LogP contribution in [-0.2, 0) is 6.42 Å². The Labute approximate surface area is 116 Å². The maximum absolute atomic E-state index is 5.82. The van der Waals surface area contributed by atoms with Gasteiger partial charge in [-0.05, 0) is 50.8 Å². The highest BCUT2D eigenvalue weighted by Gasteiger charge is 2.07. The van der Waals surface area contributed by atoms with E-state index in [0.717, 1.165) is 30.8 Å². The molecule has 0 aliphatic carbocycles. The summed E-state index contributed by atoms with van der Waals surface area (Å²) in [5.74, 6) is 1.61. The van der Waals surface area contributed by atoms with Gasteiger partial charge in [-0.1, -0.05) is 12.1 Å². The maximum atomic E-state index is 5.82. The van der Waals surface area contributed by atoms with Gasteiger partial charge < -0.3 is 15.2 Å². The van der Waals surface area contributed by atoms with Crippen LogP contribution in [0.5, 0.6) is 11.5 Å². The molecule has 0 aliphatic rings. The molecule has 0 fully saturated rings. The summed E-state index contributed by atoms with van der Waals surface area (Å²) in [5, 5.41) is 0. The van der Waals surface area contributed by atoms with E-state index in [4.69, 9.17) is 15.2 Å². The second-order valence-electron chi connectivity index (χ2n) is 4.67. The smallest absolute Gasteiger partial charge is 0.161 e. The number of unbranched alkanes of at least 4 members (excludes halogenated alkanes) is 1. The average Bonchev–Trinajstić information content (AvgIpc) is 2.36. The Morgan fingerprint density at radius 1 is 1.32 bits per heavy atom. The number of allylic oxidation sites excluding steroid dienone is 1. The lowest BCUT2D eigenvalue weighted by Gasteiger charge is -2.14. The van der Waals surface area contributed by atoms with Gasteiger partial charge in [-0.2, -0.15) is 0 Å². The molecule has 3 heteroatoms. The van der Waals surface area contributed by atoms with Crippen LogP contribution in [-0.4, -0.2) is 19.3 Å². The van der Waals surface area contributed by atoms with Crippen molar-refractivity contribution >= 4 is 0 Å². The van der Waals surface area contributed by atoms with Gasteiger partial charge in [0.05, 0.1) is 13.2 Å². The van der Waals surface area contributed by atoms with Gasteiger partial charge in [0, 0.05) is 6.04 Å². The summed E-state index contributed by atoms with van der Waals surface area (Å²) in [4.78, 5) is 0. The van der Waals surface area contributed by atoms with E-state index in [1.807, 2.05) is 32.1 Å². The molecule has 0 spiro atoms. The van der Waals surface area contributed by atoms with Crippen LogP contribution >= 0.6 is 0 Å². The predicted molar refractivity (Wildman–Crippen MR) is 79.9 cm³/mol. The van der Waals surface area contributed by atoms with Gasteiger partial charge in [-0.25, -0.2) is 0 Å². The maximum Gasteiger partial charge on any atom is 0.161 e. The normalized spacial score (nSPS) is 11.9. The summed E-state index contributed by atoms with van der Waals surface area (Å²) >= 11 is 0. The zero-order chi connectivity index (χ0) is 14.1. The van der Waals surface area contributed by atoms with E-state index in [2.05, 4.69) is 12.6 Å². The quantitative estimate of drug-likeness (QED) is 0.549. The van der Waals surface area contributed by atoms with Gasteiger partial charge in [0.1, 0.15) is 0 Å². The molecule has 0 saturated heterocycles. The van der Waals surface area contributed by atoms with Crippen molar-refractivity contribution < 1.29 is 9.47 Å². The number of ether oxygens (including phenoxy) is 2. The molecule has 1 aromatic rings. The van der Waals surface area contributed by atoms with Crippen molar-refractivity contribution in [3.8, 4) is 11.5 Å². The van der Waals surface area contributed by atoms with Crippen LogP contribution in [0.3, 0.4) is 0 Å². The summed E-state index contributed by atoms with van der Waals surface area (Å²) in [6, 6.07) is 6.19. The van der Waals surface area contributed by atoms with Crippen LogP contribution in [0.15, 0.2) is 30.9 Å².